The number of hydrogen-bond donors (Lipinski definition) is 1. The average Bonchev–Trinajstić information content (AvgIpc) is 2.23. The Morgan fingerprint density at radius 1 is 1.38 bits per heavy atom. The third kappa shape index (κ3) is 6.08. The van der Waals surface area contributed by atoms with Crippen molar-refractivity contribution in [3.05, 3.63) is 18.0 Å². The van der Waals surface area contributed by atoms with Crippen molar-refractivity contribution in [1.82, 2.24) is 15.3 Å². The Balaban J connectivity index is 2.07. The molecule has 0 amide bonds. The minimum Gasteiger partial charge on any atom is -0.315 e. The minimum absolute atomic E-state index is 0.591. The molecule has 3 nitrogen and oxygen atoms in total. The molecule has 1 N–H and O–H groups in total. The van der Waals surface area contributed by atoms with Crippen LogP contribution in [-0.4, -0.2) is 28.3 Å². The lowest BCUT2D eigenvalue weighted by Crippen LogP contribution is -2.23. The van der Waals surface area contributed by atoms with Gasteiger partial charge in [0.15, 0.2) is 5.16 Å². The number of thioether (sulfide) groups is 1. The van der Waals surface area contributed by atoms with Gasteiger partial charge in [0.1, 0.15) is 0 Å². The molecular weight excluding hydrogens is 218 g/mol. The summed E-state index contributed by atoms with van der Waals surface area (Å²) in [5, 5.41) is 4.31. The molecular formula is C12H21N3S. The maximum Gasteiger partial charge on any atom is 0.187 e. The number of nitrogens with one attached hydrogen (secondary N) is 1. The smallest absolute Gasteiger partial charge is 0.187 e. The van der Waals surface area contributed by atoms with Gasteiger partial charge in [-0.15, -0.1) is 0 Å². The number of nitrogens with zero attached hydrogens (tertiary/aromatic N) is 2. The van der Waals surface area contributed by atoms with Crippen LogP contribution < -0.4 is 5.32 Å². The van der Waals surface area contributed by atoms with E-state index in [0.29, 0.717) is 6.04 Å². The monoisotopic (exact) mass is 239 g/mol. The molecule has 90 valence electrons. The summed E-state index contributed by atoms with van der Waals surface area (Å²) in [6, 6.07) is 2.52. The molecule has 0 aliphatic rings. The molecule has 1 aromatic rings. The summed E-state index contributed by atoms with van der Waals surface area (Å²) in [5.74, 6) is 1.10. The first-order valence-corrected chi connectivity index (χ1v) is 6.83. The molecule has 1 heterocycles. The number of hydrogen-bond acceptors (Lipinski definition) is 4. The first kappa shape index (κ1) is 13.5. The summed E-state index contributed by atoms with van der Waals surface area (Å²) in [6.45, 7) is 7.45. The van der Waals surface area contributed by atoms with Crippen LogP contribution in [0.5, 0.6) is 0 Å². The molecule has 0 aromatic carbocycles. The van der Waals surface area contributed by atoms with Gasteiger partial charge in [0.25, 0.3) is 0 Å². The van der Waals surface area contributed by atoms with Gasteiger partial charge in [-0.3, -0.25) is 0 Å². The molecule has 0 saturated heterocycles. The SMILES string of the molecule is Cc1ccnc(SCCCCNC(C)C)n1. The minimum atomic E-state index is 0.591. The third-order valence-corrected chi connectivity index (χ3v) is 3.08. The Kier molecular flexibility index (Phi) is 6.42. The number of rotatable bonds is 7. The average molecular weight is 239 g/mol. The summed E-state index contributed by atoms with van der Waals surface area (Å²) < 4.78 is 0. The summed E-state index contributed by atoms with van der Waals surface area (Å²) in [6.07, 6.45) is 4.25. The molecule has 4 heteroatoms. The number of unbranched alkanes of at least 4 members (excludes halogenated alkanes) is 1. The zero-order valence-electron chi connectivity index (χ0n) is 10.4. The van der Waals surface area contributed by atoms with Crippen molar-refractivity contribution in [2.75, 3.05) is 12.3 Å². The van der Waals surface area contributed by atoms with Gasteiger partial charge >= 0.3 is 0 Å². The highest BCUT2D eigenvalue weighted by Gasteiger charge is 1.98. The van der Waals surface area contributed by atoms with Crippen LogP contribution in [0.25, 0.3) is 0 Å². The second-order valence-corrected chi connectivity index (χ2v) is 5.21. The van der Waals surface area contributed by atoms with Gasteiger partial charge in [0, 0.05) is 23.7 Å². The van der Waals surface area contributed by atoms with E-state index >= 15 is 0 Å². The van der Waals surface area contributed by atoms with Gasteiger partial charge < -0.3 is 5.32 Å². The molecule has 0 atom stereocenters. The summed E-state index contributed by atoms with van der Waals surface area (Å²) in [4.78, 5) is 8.58. The molecule has 0 saturated carbocycles. The molecule has 16 heavy (non-hydrogen) atoms. The zero-order valence-corrected chi connectivity index (χ0v) is 11.2. The van der Waals surface area contributed by atoms with E-state index in [-0.39, 0.29) is 0 Å². The van der Waals surface area contributed by atoms with Crippen molar-refractivity contribution in [2.45, 2.75) is 44.8 Å². The Hall–Kier alpha value is -0.610. The lowest BCUT2D eigenvalue weighted by atomic mass is 10.3. The number of aryl methyl sites for hydroxylation is 1. The van der Waals surface area contributed by atoms with E-state index in [1.165, 1.54) is 12.8 Å². The largest absolute Gasteiger partial charge is 0.315 e. The van der Waals surface area contributed by atoms with Crippen LogP contribution in [0.4, 0.5) is 0 Å². The van der Waals surface area contributed by atoms with Gasteiger partial charge in [-0.25, -0.2) is 9.97 Å². The lowest BCUT2D eigenvalue weighted by molar-refractivity contribution is 0.567. The highest BCUT2D eigenvalue weighted by Crippen LogP contribution is 2.13. The molecule has 1 aromatic heterocycles. The Morgan fingerprint density at radius 2 is 2.19 bits per heavy atom. The summed E-state index contributed by atoms with van der Waals surface area (Å²) in [7, 11) is 0. The first-order valence-electron chi connectivity index (χ1n) is 5.84. The molecule has 0 bridgehead atoms. The van der Waals surface area contributed by atoms with Gasteiger partial charge in [-0.1, -0.05) is 25.6 Å². The van der Waals surface area contributed by atoms with Crippen LogP contribution in [0.15, 0.2) is 17.4 Å². The van der Waals surface area contributed by atoms with Gasteiger partial charge in [0.2, 0.25) is 0 Å². The Morgan fingerprint density at radius 3 is 2.88 bits per heavy atom. The highest BCUT2D eigenvalue weighted by atomic mass is 32.2. The Labute approximate surface area is 102 Å². The molecule has 0 aliphatic carbocycles. The Bertz CT molecular complexity index is 302. The van der Waals surface area contributed by atoms with Crippen molar-refractivity contribution < 1.29 is 0 Å². The van der Waals surface area contributed by atoms with Gasteiger partial charge in [-0.2, -0.15) is 0 Å². The molecule has 0 aliphatic heterocycles. The van der Waals surface area contributed by atoms with Crippen LogP contribution in [0, 0.1) is 6.92 Å². The van der Waals surface area contributed by atoms with Gasteiger partial charge in [0.05, 0.1) is 0 Å². The second kappa shape index (κ2) is 7.63. The van der Waals surface area contributed by atoms with Crippen molar-refractivity contribution in [3.63, 3.8) is 0 Å². The van der Waals surface area contributed by atoms with Crippen LogP contribution in [0.3, 0.4) is 0 Å². The van der Waals surface area contributed by atoms with E-state index in [0.717, 1.165) is 23.1 Å². The van der Waals surface area contributed by atoms with Crippen LogP contribution >= 0.6 is 11.8 Å². The summed E-state index contributed by atoms with van der Waals surface area (Å²) in [5.41, 5.74) is 1.04. The lowest BCUT2D eigenvalue weighted by Gasteiger charge is -2.07. The standard InChI is InChI=1S/C12H21N3S/c1-10(2)13-7-4-5-9-16-12-14-8-6-11(3)15-12/h6,8,10,13H,4-5,7,9H2,1-3H3. The predicted octanol–water partition coefficient (Wildman–Crippen LogP) is 2.66. The second-order valence-electron chi connectivity index (χ2n) is 4.14. The van der Waals surface area contributed by atoms with Crippen LogP contribution in [-0.2, 0) is 0 Å². The quantitative estimate of drug-likeness (QED) is 0.451. The normalized spacial score (nSPS) is 11.0. The fourth-order valence-electron chi connectivity index (χ4n) is 1.28. The van der Waals surface area contributed by atoms with E-state index < -0.39 is 0 Å². The van der Waals surface area contributed by atoms with E-state index in [1.807, 2.05) is 19.2 Å². The van der Waals surface area contributed by atoms with Crippen LogP contribution in [0.2, 0.25) is 0 Å². The molecule has 0 fully saturated rings. The van der Waals surface area contributed by atoms with E-state index in [2.05, 4.69) is 29.1 Å². The zero-order chi connectivity index (χ0) is 11.8. The topological polar surface area (TPSA) is 37.8 Å². The van der Waals surface area contributed by atoms with Gasteiger partial charge in [-0.05, 0) is 32.4 Å². The van der Waals surface area contributed by atoms with Crippen molar-refractivity contribution in [3.8, 4) is 0 Å². The predicted molar refractivity (Wildman–Crippen MR) is 69.9 cm³/mol. The maximum absolute atomic E-state index is 4.36. The van der Waals surface area contributed by atoms with E-state index in [4.69, 9.17) is 0 Å². The van der Waals surface area contributed by atoms with E-state index in [9.17, 15) is 0 Å². The molecule has 1 rings (SSSR count). The fraction of sp³-hybridized carbons (Fsp3) is 0.667. The third-order valence-electron chi connectivity index (χ3n) is 2.13. The number of aromatic nitrogens is 2. The summed E-state index contributed by atoms with van der Waals surface area (Å²) >= 11 is 1.74. The molecule has 0 radical (unpaired) electrons. The first-order chi connectivity index (χ1) is 7.68. The maximum atomic E-state index is 4.36. The highest BCUT2D eigenvalue weighted by molar-refractivity contribution is 7.99. The van der Waals surface area contributed by atoms with Crippen LogP contribution in [0.1, 0.15) is 32.4 Å². The molecule has 0 unspecified atom stereocenters. The van der Waals surface area contributed by atoms with E-state index in [1.54, 1.807) is 11.8 Å². The van der Waals surface area contributed by atoms with Crippen molar-refractivity contribution >= 4 is 11.8 Å². The van der Waals surface area contributed by atoms with Crippen molar-refractivity contribution in [1.29, 1.82) is 0 Å². The van der Waals surface area contributed by atoms with Crippen molar-refractivity contribution in [2.24, 2.45) is 0 Å². The fourth-order valence-corrected chi connectivity index (χ4v) is 2.15. The molecule has 0 spiro atoms.